The molecular formula is C70H88Br2F2N12O4. The van der Waals surface area contributed by atoms with Gasteiger partial charge in [0.15, 0.2) is 27.1 Å². The maximum atomic E-state index is 14.6. The third-order valence-electron chi connectivity index (χ3n) is 16.5. The quantitative estimate of drug-likeness (QED) is 0.131. The highest BCUT2D eigenvalue weighted by molar-refractivity contribution is 9.10. The van der Waals surface area contributed by atoms with Crippen molar-refractivity contribution in [1.82, 2.24) is 43.5 Å². The molecule has 3 aliphatic heterocycles. The number of H-pyrrole nitrogens is 2. The van der Waals surface area contributed by atoms with Crippen molar-refractivity contribution in [3.05, 3.63) is 212 Å². The number of fused-ring (bicyclic) bond motifs is 2. The van der Waals surface area contributed by atoms with Gasteiger partial charge in [0.2, 0.25) is 5.95 Å². The highest BCUT2D eigenvalue weighted by Crippen LogP contribution is 2.31. The van der Waals surface area contributed by atoms with Crippen LogP contribution in [-0.4, -0.2) is 90.6 Å². The number of hydrogen-bond acceptors (Lipinski definition) is 10. The van der Waals surface area contributed by atoms with Crippen LogP contribution >= 0.6 is 31.9 Å². The van der Waals surface area contributed by atoms with Gasteiger partial charge in [0.25, 0.3) is 11.1 Å². The van der Waals surface area contributed by atoms with Crippen molar-refractivity contribution in [2.45, 2.75) is 130 Å². The third-order valence-corrected chi connectivity index (χ3v) is 17.6. The predicted octanol–water partition coefficient (Wildman–Crippen LogP) is 13.1. The van der Waals surface area contributed by atoms with Crippen LogP contribution in [0.5, 0.6) is 0 Å². The molecule has 7 heterocycles. The zero-order valence-corrected chi connectivity index (χ0v) is 57.2. The van der Waals surface area contributed by atoms with Crippen LogP contribution in [-0.2, 0) is 43.4 Å². The average molecular weight is 1360 g/mol. The Morgan fingerprint density at radius 3 is 1.31 bits per heavy atom. The number of aryl methyl sites for hydroxylation is 2. The smallest absolute Gasteiger partial charge is 0.329 e. The second-order valence-electron chi connectivity index (χ2n) is 26.3. The largest absolute Gasteiger partial charge is 0.372 e. The summed E-state index contributed by atoms with van der Waals surface area (Å²) in [6, 6.07) is 38.9. The molecule has 5 aromatic carbocycles. The molecule has 0 unspecified atom stereocenters. The zero-order valence-electron chi connectivity index (χ0n) is 54.0. The van der Waals surface area contributed by atoms with E-state index < -0.39 is 22.5 Å². The summed E-state index contributed by atoms with van der Waals surface area (Å²) < 4.78 is 35.6. The average Bonchev–Trinajstić information content (AvgIpc) is 1.63. The van der Waals surface area contributed by atoms with Gasteiger partial charge in [0, 0.05) is 80.3 Å². The molecule has 0 atom stereocenters. The third kappa shape index (κ3) is 17.5. The van der Waals surface area contributed by atoms with Crippen LogP contribution in [0.4, 0.5) is 26.1 Å². The van der Waals surface area contributed by atoms with Crippen molar-refractivity contribution in [3.63, 3.8) is 0 Å². The second kappa shape index (κ2) is 30.1. The predicted molar refractivity (Wildman–Crippen MR) is 370 cm³/mol. The molecule has 9 aromatic rings. The number of piperazine rings is 1. The number of anilines is 3. The summed E-state index contributed by atoms with van der Waals surface area (Å²) in [5.41, 5.74) is 6.98. The molecule has 3 N–H and O–H groups in total. The van der Waals surface area contributed by atoms with E-state index in [0.717, 1.165) is 17.6 Å². The van der Waals surface area contributed by atoms with Gasteiger partial charge >= 0.3 is 11.4 Å². The van der Waals surface area contributed by atoms with Crippen LogP contribution in [0, 0.1) is 11.6 Å². The first-order valence-electron chi connectivity index (χ1n) is 31.1. The SMILES string of the molecule is C1CCNCC1.CC(C)(C)c1cccc(Br)c1.CC(C)(C)c1cccc(N2CCCCC2)c1.Cn1c(=O)[nH]c(=O)c2c1nc(Br)n2Cc1ccccc1F.Cn1c(=O)[nH]c(=O)c2c1nc(N1CCN(c3cccc(C(C)(C)C)c3)CC1)n2Cc1ccccc1F. The van der Waals surface area contributed by atoms with Crippen LogP contribution in [0.1, 0.15) is 129 Å². The van der Waals surface area contributed by atoms with Crippen LogP contribution in [0.15, 0.2) is 150 Å². The molecule has 3 aliphatic rings. The molecule has 0 spiro atoms. The summed E-state index contributed by atoms with van der Waals surface area (Å²) in [4.78, 5) is 69.1. The van der Waals surface area contributed by atoms with Crippen molar-refractivity contribution >= 4 is 71.5 Å². The molecule has 0 bridgehead atoms. The number of imidazole rings is 2. The minimum absolute atomic E-state index is 0.0679. The molecule has 0 aliphatic carbocycles. The van der Waals surface area contributed by atoms with Crippen LogP contribution in [0.3, 0.4) is 0 Å². The monoisotopic (exact) mass is 1360 g/mol. The van der Waals surface area contributed by atoms with Gasteiger partial charge in [0.1, 0.15) is 11.6 Å². The lowest BCUT2D eigenvalue weighted by Gasteiger charge is -2.37. The molecule has 90 heavy (non-hydrogen) atoms. The Labute approximate surface area is 543 Å². The molecule has 12 rings (SSSR count). The fourth-order valence-corrected chi connectivity index (χ4v) is 11.8. The molecule has 480 valence electrons. The number of rotatable bonds is 7. The Morgan fingerprint density at radius 1 is 0.467 bits per heavy atom. The number of nitrogens with one attached hydrogen (secondary N) is 3. The van der Waals surface area contributed by atoms with E-state index in [-0.39, 0.29) is 63.3 Å². The minimum atomic E-state index is -0.553. The van der Waals surface area contributed by atoms with Crippen molar-refractivity contribution in [2.24, 2.45) is 14.1 Å². The van der Waals surface area contributed by atoms with Crippen LogP contribution in [0.25, 0.3) is 22.3 Å². The van der Waals surface area contributed by atoms with E-state index in [0.29, 0.717) is 34.9 Å². The Morgan fingerprint density at radius 2 is 0.878 bits per heavy atom. The lowest BCUT2D eigenvalue weighted by Crippen LogP contribution is -2.47. The molecule has 16 nitrogen and oxygen atoms in total. The van der Waals surface area contributed by atoms with Gasteiger partial charge < -0.3 is 24.6 Å². The van der Waals surface area contributed by atoms with Crippen molar-refractivity contribution in [3.8, 4) is 0 Å². The second-order valence-corrected chi connectivity index (χ2v) is 27.9. The summed E-state index contributed by atoms with van der Waals surface area (Å²) in [6.07, 6.45) is 8.31. The molecule has 4 aromatic heterocycles. The van der Waals surface area contributed by atoms with Gasteiger partial charge in [-0.3, -0.25) is 33.3 Å². The standard InChI is InChI=1S/C27H31FN6O2.C15H23N.C13H10BrFN4O2.C10H13Br.C5H11N/c1-27(2,3)19-9-7-10-20(16-19)32-12-14-33(15-13-32)25-29-23-22(24(35)30-26(36)31(23)4)34(25)17-18-8-5-6-11-21(18)28;1-15(2,3)13-8-7-9-14(12-13)16-10-5-4-6-11-16;1-18-10-9(11(20)17-13(18)21)19(12(14)16-10)6-7-4-2-3-5-8(7)15;1-10(2,3)8-5-4-6-9(11)7-8;1-2-4-6-5-3-1/h5-11,16H,12-15,17H2,1-4H3,(H,30,35,36);7-9,12H,4-6,10-11H2,1-3H3;2-5H,6H2,1H3,(H,17,20,21);4-7H,1-3H3;6H,1-5H2. The van der Waals surface area contributed by atoms with E-state index in [1.807, 2.05) is 0 Å². The van der Waals surface area contributed by atoms with Gasteiger partial charge in [-0.15, -0.1) is 0 Å². The van der Waals surface area contributed by atoms with Gasteiger partial charge in [0.05, 0.1) is 13.1 Å². The summed E-state index contributed by atoms with van der Waals surface area (Å²) >= 11 is 6.70. The summed E-state index contributed by atoms with van der Waals surface area (Å²) in [5.74, 6) is -0.161. The summed E-state index contributed by atoms with van der Waals surface area (Å²) in [5, 5.41) is 3.28. The molecule has 20 heteroatoms. The lowest BCUT2D eigenvalue weighted by atomic mass is 9.87. The van der Waals surface area contributed by atoms with E-state index in [1.54, 1.807) is 48.0 Å². The van der Waals surface area contributed by atoms with Gasteiger partial charge in [-0.25, -0.2) is 23.4 Å². The highest BCUT2D eigenvalue weighted by atomic mass is 79.9. The molecule has 3 saturated heterocycles. The number of aromatic amines is 2. The van der Waals surface area contributed by atoms with E-state index in [2.05, 4.69) is 202 Å². The van der Waals surface area contributed by atoms with Crippen LogP contribution in [0.2, 0.25) is 0 Å². The molecule has 0 radical (unpaired) electrons. The molecule has 3 fully saturated rings. The summed E-state index contributed by atoms with van der Waals surface area (Å²) in [7, 11) is 3.08. The van der Waals surface area contributed by atoms with Gasteiger partial charge in [-0.1, -0.05) is 157 Å². The zero-order chi connectivity index (χ0) is 65.1. The Bertz CT molecular complexity index is 4120. The minimum Gasteiger partial charge on any atom is -0.372 e. The molecule has 0 saturated carbocycles. The number of halogens is 4. The van der Waals surface area contributed by atoms with Crippen molar-refractivity contribution in [1.29, 1.82) is 0 Å². The molecule has 0 amide bonds. The topological polar surface area (TPSA) is 167 Å². The number of piperidine rings is 2. The Hall–Kier alpha value is -7.42. The van der Waals surface area contributed by atoms with Crippen LogP contribution < -0.4 is 42.5 Å². The van der Waals surface area contributed by atoms with Gasteiger partial charge in [-0.2, -0.15) is 4.98 Å². The van der Waals surface area contributed by atoms with E-state index in [1.165, 1.54) is 126 Å². The first kappa shape index (κ1) is 68.5. The fourth-order valence-electron chi connectivity index (χ4n) is 11.0. The normalized spacial score (nSPS) is 14.6. The summed E-state index contributed by atoms with van der Waals surface area (Å²) in [6.45, 7) is 28.2. The fraction of sp³-hybridized carbons (Fsp3) is 0.429. The first-order chi connectivity index (χ1) is 42.7. The maximum Gasteiger partial charge on any atom is 0.329 e. The Balaban J connectivity index is 0.000000163. The number of nitrogens with zero attached hydrogens (tertiary/aromatic N) is 9. The van der Waals surface area contributed by atoms with E-state index in [9.17, 15) is 28.0 Å². The number of hydrogen-bond donors (Lipinski definition) is 3. The van der Waals surface area contributed by atoms with E-state index in [4.69, 9.17) is 4.98 Å². The highest BCUT2D eigenvalue weighted by Gasteiger charge is 2.27. The van der Waals surface area contributed by atoms with Crippen molar-refractivity contribution < 1.29 is 8.78 Å². The lowest BCUT2D eigenvalue weighted by molar-refractivity contribution is 0.520. The van der Waals surface area contributed by atoms with E-state index >= 15 is 0 Å². The first-order valence-corrected chi connectivity index (χ1v) is 32.7. The van der Waals surface area contributed by atoms with Crippen molar-refractivity contribution in [2.75, 3.05) is 67.1 Å². The maximum absolute atomic E-state index is 14.6. The Kier molecular flexibility index (Phi) is 22.9. The number of benzene rings is 5. The molecular weight excluding hydrogens is 1270 g/mol. The van der Waals surface area contributed by atoms with Gasteiger partial charge in [-0.05, 0) is 143 Å². The number of aromatic nitrogens is 8.